The Balaban J connectivity index is 1.69. The maximum Gasteiger partial charge on any atom is 0.463 e. The van der Waals surface area contributed by atoms with Crippen LogP contribution >= 0.6 is 16.8 Å². The van der Waals surface area contributed by atoms with Gasteiger partial charge in [0.05, 0.1) is 6.61 Å². The van der Waals surface area contributed by atoms with E-state index < -0.39 is 16.8 Å². The highest BCUT2D eigenvalue weighted by molar-refractivity contribution is 7.42. The van der Waals surface area contributed by atoms with E-state index in [1.807, 2.05) is 78.9 Å². The highest BCUT2D eigenvalue weighted by Crippen LogP contribution is 2.54. The molecular formula is C53H60O6P2. The Morgan fingerprint density at radius 2 is 1.08 bits per heavy atom. The van der Waals surface area contributed by atoms with Crippen molar-refractivity contribution < 1.29 is 26.5 Å². The van der Waals surface area contributed by atoms with Gasteiger partial charge < -0.3 is 22.0 Å². The van der Waals surface area contributed by atoms with Crippen molar-refractivity contribution in [2.75, 3.05) is 6.61 Å². The lowest BCUT2D eigenvalue weighted by Crippen LogP contribution is -2.20. The first kappa shape index (κ1) is 45.4. The molecule has 0 aliphatic carbocycles. The molecule has 0 aliphatic rings. The molecule has 6 rings (SSSR count). The fourth-order valence-corrected chi connectivity index (χ4v) is 8.81. The number of terminal acetylenes is 1. The lowest BCUT2D eigenvalue weighted by molar-refractivity contribution is 0.292. The molecular weight excluding hydrogens is 795 g/mol. The summed E-state index contributed by atoms with van der Waals surface area (Å²) in [6.07, 6.45) is 12.6. The van der Waals surface area contributed by atoms with Gasteiger partial charge >= 0.3 is 16.8 Å². The molecule has 0 bridgehead atoms. The van der Waals surface area contributed by atoms with Crippen molar-refractivity contribution in [1.82, 2.24) is 0 Å². The molecule has 5 aromatic carbocycles. The fourth-order valence-electron chi connectivity index (χ4n) is 6.73. The fraction of sp³-hybridized carbons (Fsp3) is 0.321. The Kier molecular flexibility index (Phi) is 13.7. The molecule has 61 heavy (non-hydrogen) atoms. The summed E-state index contributed by atoms with van der Waals surface area (Å²) in [6.45, 7) is 27.0. The summed E-state index contributed by atoms with van der Waals surface area (Å²) in [7, 11) is -4.00. The summed E-state index contributed by atoms with van der Waals surface area (Å²) >= 11 is 0. The third-order valence-corrected chi connectivity index (χ3v) is 12.3. The second-order valence-corrected chi connectivity index (χ2v) is 21.3. The smallest absolute Gasteiger partial charge is 0.418 e. The Hall–Kier alpha value is -5.17. The normalized spacial score (nSPS) is 13.2. The van der Waals surface area contributed by atoms with Gasteiger partial charge in [-0.15, -0.1) is 6.42 Å². The molecule has 6 aromatic rings. The third kappa shape index (κ3) is 11.2. The van der Waals surface area contributed by atoms with Crippen LogP contribution in [0.25, 0.3) is 33.1 Å². The first-order chi connectivity index (χ1) is 28.7. The number of hydrogen-bond donors (Lipinski definition) is 0. The van der Waals surface area contributed by atoms with E-state index in [0.29, 0.717) is 28.4 Å². The molecule has 1 heterocycles. The highest BCUT2D eigenvalue weighted by Gasteiger charge is 2.34. The Morgan fingerprint density at radius 1 is 0.590 bits per heavy atom. The lowest BCUT2D eigenvalue weighted by Gasteiger charge is -2.32. The van der Waals surface area contributed by atoms with Crippen molar-refractivity contribution in [3.05, 3.63) is 150 Å². The van der Waals surface area contributed by atoms with Crippen LogP contribution in [-0.2, 0) is 26.2 Å². The molecule has 8 heteroatoms. The van der Waals surface area contributed by atoms with Crippen LogP contribution in [0.3, 0.4) is 0 Å². The largest absolute Gasteiger partial charge is 0.463 e. The molecule has 0 amide bonds. The number of benzene rings is 5. The summed E-state index contributed by atoms with van der Waals surface area (Å²) in [4.78, 5) is 0. The average Bonchev–Trinajstić information content (AvgIpc) is 3.34. The predicted molar refractivity (Wildman–Crippen MR) is 257 cm³/mol. The molecule has 6 nitrogen and oxygen atoms in total. The van der Waals surface area contributed by atoms with Gasteiger partial charge in [-0.25, -0.2) is 0 Å². The van der Waals surface area contributed by atoms with Gasteiger partial charge in [0.15, 0.2) is 0 Å². The molecule has 0 N–H and O–H groups in total. The van der Waals surface area contributed by atoms with E-state index in [1.165, 1.54) is 0 Å². The van der Waals surface area contributed by atoms with Gasteiger partial charge in [-0.2, -0.15) is 0 Å². The highest BCUT2D eigenvalue weighted by atomic mass is 31.2. The molecule has 318 valence electrons. The van der Waals surface area contributed by atoms with Crippen molar-refractivity contribution >= 4 is 38.8 Å². The van der Waals surface area contributed by atoms with Gasteiger partial charge in [0.2, 0.25) is 0 Å². The van der Waals surface area contributed by atoms with Gasteiger partial charge in [-0.1, -0.05) is 174 Å². The molecule has 0 aliphatic heterocycles. The van der Waals surface area contributed by atoms with Crippen molar-refractivity contribution in [1.29, 1.82) is 0 Å². The standard InChI is InChI=1S/C53H60O6P2/c1-14-15-16-17-25-32-54-60(55-39-26-19-18-20-27-39)58-48-42(33-37(50(2,3)4)35-44(48)52(8,9)10)43-34-38(51(5,6)7)36-45(53(11,12)13)49(43)59-61-56-46-30-23-21-28-40(46)41-29-22-24-31-47(41)57-61/h1,15-31,33-36H,32H2,2-13H3/b16-15-,25-17-. The van der Waals surface area contributed by atoms with Crippen molar-refractivity contribution in [2.24, 2.45) is 0 Å². The molecule has 0 saturated heterocycles. The van der Waals surface area contributed by atoms with Crippen LogP contribution in [0.2, 0.25) is 0 Å². The topological polar surface area (TPSA) is 63.2 Å². The Bertz CT molecular complexity index is 2560. The van der Waals surface area contributed by atoms with Crippen molar-refractivity contribution in [2.45, 2.75) is 105 Å². The van der Waals surface area contributed by atoms with Gasteiger partial charge in [0.1, 0.15) is 28.4 Å². The van der Waals surface area contributed by atoms with E-state index >= 15 is 0 Å². The monoisotopic (exact) mass is 854 g/mol. The number of hydrogen-bond acceptors (Lipinski definition) is 6. The third-order valence-electron chi connectivity index (χ3n) is 10.2. The van der Waals surface area contributed by atoms with E-state index in [2.05, 4.69) is 125 Å². The molecule has 1 atom stereocenters. The number of fused-ring (bicyclic) bond motifs is 3. The Labute approximate surface area is 365 Å². The second-order valence-electron chi connectivity index (χ2n) is 19.3. The molecule has 1 aromatic heterocycles. The van der Waals surface area contributed by atoms with E-state index in [9.17, 15) is 0 Å². The molecule has 0 radical (unpaired) electrons. The van der Waals surface area contributed by atoms with Crippen LogP contribution in [0.4, 0.5) is 0 Å². The van der Waals surface area contributed by atoms with Gasteiger partial charge in [0.25, 0.3) is 0 Å². The average molecular weight is 855 g/mol. The molecule has 0 spiro atoms. The van der Waals surface area contributed by atoms with Crippen molar-refractivity contribution in [3.63, 3.8) is 0 Å². The number of allylic oxidation sites excluding steroid dienone is 3. The van der Waals surface area contributed by atoms with Crippen LogP contribution in [0.1, 0.15) is 105 Å². The first-order valence-electron chi connectivity index (χ1n) is 20.8. The van der Waals surface area contributed by atoms with Gasteiger partial charge in [-0.3, -0.25) is 4.52 Å². The zero-order valence-electron chi connectivity index (χ0n) is 37.8. The van der Waals surface area contributed by atoms with Crippen LogP contribution in [0.5, 0.6) is 17.2 Å². The van der Waals surface area contributed by atoms with Crippen LogP contribution < -0.4 is 13.6 Å². The predicted octanol–water partition coefficient (Wildman–Crippen LogP) is 16.4. The minimum atomic E-state index is -2.00. The van der Waals surface area contributed by atoms with E-state index in [-0.39, 0.29) is 28.3 Å². The van der Waals surface area contributed by atoms with Crippen molar-refractivity contribution in [3.8, 4) is 40.7 Å². The second kappa shape index (κ2) is 18.4. The maximum absolute atomic E-state index is 7.26. The quantitative estimate of drug-likeness (QED) is 0.0735. The zero-order chi connectivity index (χ0) is 44.2. The molecule has 1 unspecified atom stereocenters. The van der Waals surface area contributed by atoms with Crippen LogP contribution in [-0.4, -0.2) is 6.61 Å². The van der Waals surface area contributed by atoms with Crippen LogP contribution in [0.15, 0.2) is 136 Å². The lowest BCUT2D eigenvalue weighted by atomic mass is 9.75. The SMILES string of the molecule is C#C/C=C\C=C/COP(Oc1ccccc1)Oc1c(-c2cc(C(C)(C)C)cc(C(C)(C)C)c2Op2oc3ccccc3c3ccccc3o2)cc(C(C)(C)C)cc1C(C)(C)C. The summed E-state index contributed by atoms with van der Waals surface area (Å²) in [5.74, 6) is 4.47. The van der Waals surface area contributed by atoms with Gasteiger partial charge in [-0.05, 0) is 75.3 Å². The van der Waals surface area contributed by atoms with E-state index in [4.69, 9.17) is 32.9 Å². The van der Waals surface area contributed by atoms with E-state index in [1.54, 1.807) is 12.2 Å². The van der Waals surface area contributed by atoms with Crippen LogP contribution in [0, 0.1) is 12.3 Å². The number of rotatable bonds is 11. The summed E-state index contributed by atoms with van der Waals surface area (Å²) in [5.41, 5.74) is 6.29. The Morgan fingerprint density at radius 3 is 1.59 bits per heavy atom. The number of para-hydroxylation sites is 3. The summed E-state index contributed by atoms with van der Waals surface area (Å²) in [6, 6.07) is 34.7. The maximum atomic E-state index is 7.26. The first-order valence-corrected chi connectivity index (χ1v) is 23.0. The van der Waals surface area contributed by atoms with Gasteiger partial charge in [0, 0.05) is 33.0 Å². The minimum Gasteiger partial charge on any atom is -0.418 e. The van der Waals surface area contributed by atoms with E-state index in [0.717, 1.165) is 44.2 Å². The zero-order valence-corrected chi connectivity index (χ0v) is 39.5. The molecule has 0 saturated carbocycles. The minimum absolute atomic E-state index is 0.215. The summed E-state index contributed by atoms with van der Waals surface area (Å²) in [5, 5.41) is 1.89. The molecule has 0 fully saturated rings. The summed E-state index contributed by atoms with van der Waals surface area (Å²) < 4.78 is 40.9.